The van der Waals surface area contributed by atoms with E-state index in [4.69, 9.17) is 4.74 Å². The van der Waals surface area contributed by atoms with Crippen LogP contribution >= 0.6 is 0 Å². The second-order valence-corrected chi connectivity index (χ2v) is 6.74. The van der Waals surface area contributed by atoms with Crippen molar-refractivity contribution in [3.8, 4) is 5.69 Å². The lowest BCUT2D eigenvalue weighted by atomic mass is 10.2. The molecular formula is C19H20F2N4O4. The minimum Gasteiger partial charge on any atom is -0.464 e. The number of hydrogen-bond acceptors (Lipinski definition) is 5. The van der Waals surface area contributed by atoms with Gasteiger partial charge in [0.25, 0.3) is 5.56 Å². The second kappa shape index (κ2) is 7.61. The maximum Gasteiger partial charge on any atom is 0.337 e. The number of esters is 1. The van der Waals surface area contributed by atoms with Gasteiger partial charge in [-0.15, -0.1) is 0 Å². The van der Waals surface area contributed by atoms with Gasteiger partial charge in [0.2, 0.25) is 0 Å². The highest BCUT2D eigenvalue weighted by Crippen LogP contribution is 2.19. The molecule has 0 N–H and O–H groups in total. The minimum atomic E-state index is -1.15. The Labute approximate surface area is 164 Å². The fourth-order valence-corrected chi connectivity index (χ4v) is 3.10. The molecule has 0 spiro atoms. The van der Waals surface area contributed by atoms with Crippen molar-refractivity contribution in [2.24, 2.45) is 0 Å². The summed E-state index contributed by atoms with van der Waals surface area (Å²) in [7, 11) is 0. The first-order valence-electron chi connectivity index (χ1n) is 9.05. The predicted molar refractivity (Wildman–Crippen MR) is 101 cm³/mol. The average Bonchev–Trinajstić information content (AvgIpc) is 3.09. The van der Waals surface area contributed by atoms with E-state index < -0.39 is 40.9 Å². The third kappa shape index (κ3) is 3.34. The molecule has 0 fully saturated rings. The summed E-state index contributed by atoms with van der Waals surface area (Å²) in [6.07, 6.45) is 1.24. The topological polar surface area (TPSA) is 88.1 Å². The van der Waals surface area contributed by atoms with Crippen molar-refractivity contribution >= 4 is 17.1 Å². The molecule has 0 bridgehead atoms. The van der Waals surface area contributed by atoms with E-state index >= 15 is 0 Å². The molecule has 0 amide bonds. The predicted octanol–water partition coefficient (Wildman–Crippen LogP) is 2.33. The van der Waals surface area contributed by atoms with Crippen LogP contribution in [-0.4, -0.2) is 31.3 Å². The van der Waals surface area contributed by atoms with Gasteiger partial charge in [-0.25, -0.2) is 27.9 Å². The van der Waals surface area contributed by atoms with E-state index in [9.17, 15) is 23.2 Å². The Bertz CT molecular complexity index is 1210. The summed E-state index contributed by atoms with van der Waals surface area (Å²) in [6.45, 7) is 6.62. The second-order valence-electron chi connectivity index (χ2n) is 6.74. The molecule has 0 saturated heterocycles. The van der Waals surface area contributed by atoms with Crippen molar-refractivity contribution in [1.82, 2.24) is 18.7 Å². The average molecular weight is 406 g/mol. The number of rotatable bonds is 5. The van der Waals surface area contributed by atoms with Crippen molar-refractivity contribution in [3.05, 3.63) is 57.0 Å². The van der Waals surface area contributed by atoms with Crippen LogP contribution in [0.5, 0.6) is 0 Å². The summed E-state index contributed by atoms with van der Waals surface area (Å²) in [5, 5.41) is 0. The third-order valence-electron chi connectivity index (χ3n) is 4.53. The summed E-state index contributed by atoms with van der Waals surface area (Å²) in [5.41, 5.74) is -1.49. The number of nitrogens with zero attached hydrogens (tertiary/aromatic N) is 4. The lowest BCUT2D eigenvalue weighted by Gasteiger charge is -2.16. The van der Waals surface area contributed by atoms with Gasteiger partial charge in [-0.05, 0) is 39.8 Å². The number of hydrogen-bond donors (Lipinski definition) is 0. The number of carbonyl (C=O) groups is 1. The SMILES string of the molecule is CCOC(=O)[C@@H](C)n1cnc2c1c(=O)n(C(C)C)c(=O)n2-c1ccc(F)c(F)c1. The van der Waals surface area contributed by atoms with Gasteiger partial charge in [0, 0.05) is 12.1 Å². The molecule has 154 valence electrons. The summed E-state index contributed by atoms with van der Waals surface area (Å²) in [5.74, 6) is -2.80. The molecule has 0 aliphatic carbocycles. The first-order chi connectivity index (χ1) is 13.7. The van der Waals surface area contributed by atoms with Crippen molar-refractivity contribution in [2.75, 3.05) is 6.61 Å². The zero-order chi connectivity index (χ0) is 21.5. The smallest absolute Gasteiger partial charge is 0.337 e. The number of imidazole rings is 1. The molecule has 1 atom stereocenters. The Balaban J connectivity index is 2.41. The van der Waals surface area contributed by atoms with Crippen LogP contribution in [0.4, 0.5) is 8.78 Å². The maximum atomic E-state index is 13.8. The quantitative estimate of drug-likeness (QED) is 0.607. The Morgan fingerprint density at radius 3 is 2.45 bits per heavy atom. The van der Waals surface area contributed by atoms with E-state index in [0.717, 1.165) is 21.3 Å². The van der Waals surface area contributed by atoms with E-state index in [-0.39, 0.29) is 23.5 Å². The van der Waals surface area contributed by atoms with Crippen LogP contribution in [0.3, 0.4) is 0 Å². The molecule has 0 aliphatic heterocycles. The lowest BCUT2D eigenvalue weighted by molar-refractivity contribution is -0.146. The lowest BCUT2D eigenvalue weighted by Crippen LogP contribution is -2.41. The van der Waals surface area contributed by atoms with Crippen LogP contribution in [0.25, 0.3) is 16.9 Å². The van der Waals surface area contributed by atoms with E-state index in [1.165, 1.54) is 23.9 Å². The summed E-state index contributed by atoms with van der Waals surface area (Å²) in [6, 6.07) is 1.52. The van der Waals surface area contributed by atoms with E-state index in [1.807, 2.05) is 0 Å². The third-order valence-corrected chi connectivity index (χ3v) is 4.53. The van der Waals surface area contributed by atoms with Crippen molar-refractivity contribution < 1.29 is 18.3 Å². The molecule has 0 saturated carbocycles. The molecule has 2 aromatic heterocycles. The standard InChI is InChI=1S/C19H20F2N4O4/c1-5-29-18(27)11(4)23-9-22-16-15(23)17(26)24(10(2)3)19(28)25(16)12-6-7-13(20)14(21)8-12/h6-11H,5H2,1-4H3/t11-/m1/s1. The molecule has 2 heterocycles. The molecule has 1 aromatic carbocycles. The highest BCUT2D eigenvalue weighted by molar-refractivity contribution is 5.79. The molecule has 0 aliphatic rings. The van der Waals surface area contributed by atoms with Crippen LogP contribution in [0.2, 0.25) is 0 Å². The van der Waals surface area contributed by atoms with Gasteiger partial charge < -0.3 is 9.30 Å². The van der Waals surface area contributed by atoms with Crippen LogP contribution < -0.4 is 11.2 Å². The summed E-state index contributed by atoms with van der Waals surface area (Å²) in [4.78, 5) is 42.4. The molecule has 10 heteroatoms. The molecule has 8 nitrogen and oxygen atoms in total. The van der Waals surface area contributed by atoms with E-state index in [1.54, 1.807) is 20.8 Å². The largest absolute Gasteiger partial charge is 0.464 e. The molecular weight excluding hydrogens is 386 g/mol. The van der Waals surface area contributed by atoms with Gasteiger partial charge in [-0.1, -0.05) is 0 Å². The van der Waals surface area contributed by atoms with Crippen LogP contribution in [0, 0.1) is 11.6 Å². The first kappa shape index (κ1) is 20.4. The van der Waals surface area contributed by atoms with Gasteiger partial charge in [-0.3, -0.25) is 9.36 Å². The monoisotopic (exact) mass is 406 g/mol. The highest BCUT2D eigenvalue weighted by Gasteiger charge is 2.25. The number of ether oxygens (including phenoxy) is 1. The minimum absolute atomic E-state index is 0.00216. The fourth-order valence-electron chi connectivity index (χ4n) is 3.10. The zero-order valence-corrected chi connectivity index (χ0v) is 16.3. The Morgan fingerprint density at radius 1 is 1.17 bits per heavy atom. The first-order valence-corrected chi connectivity index (χ1v) is 9.05. The van der Waals surface area contributed by atoms with Crippen LogP contribution in [0.1, 0.15) is 39.8 Å². The molecule has 0 unspecified atom stereocenters. The van der Waals surface area contributed by atoms with Gasteiger partial charge in [0.1, 0.15) is 6.04 Å². The molecule has 29 heavy (non-hydrogen) atoms. The molecule has 0 radical (unpaired) electrons. The Hall–Kier alpha value is -3.30. The van der Waals surface area contributed by atoms with E-state index in [2.05, 4.69) is 4.98 Å². The van der Waals surface area contributed by atoms with E-state index in [0.29, 0.717) is 0 Å². The molecule has 3 aromatic rings. The number of carbonyl (C=O) groups excluding carboxylic acids is 1. The fraction of sp³-hybridized carbons (Fsp3) is 0.368. The zero-order valence-electron chi connectivity index (χ0n) is 16.3. The van der Waals surface area contributed by atoms with Gasteiger partial charge in [0.05, 0.1) is 18.6 Å². The Kier molecular flexibility index (Phi) is 5.36. The Morgan fingerprint density at radius 2 is 1.86 bits per heavy atom. The van der Waals surface area contributed by atoms with Crippen molar-refractivity contribution in [2.45, 2.75) is 39.8 Å². The number of aromatic nitrogens is 4. The van der Waals surface area contributed by atoms with Gasteiger partial charge in [-0.2, -0.15) is 0 Å². The normalized spacial score (nSPS) is 12.5. The van der Waals surface area contributed by atoms with Crippen molar-refractivity contribution in [3.63, 3.8) is 0 Å². The van der Waals surface area contributed by atoms with Crippen LogP contribution in [0.15, 0.2) is 34.1 Å². The summed E-state index contributed by atoms with van der Waals surface area (Å²) >= 11 is 0. The van der Waals surface area contributed by atoms with Gasteiger partial charge >= 0.3 is 11.7 Å². The van der Waals surface area contributed by atoms with Crippen molar-refractivity contribution in [1.29, 1.82) is 0 Å². The number of benzene rings is 1. The maximum absolute atomic E-state index is 13.8. The number of halogens is 2. The molecule has 3 rings (SSSR count). The van der Waals surface area contributed by atoms with Gasteiger partial charge in [0.15, 0.2) is 22.8 Å². The highest BCUT2D eigenvalue weighted by atomic mass is 19.2. The van der Waals surface area contributed by atoms with Crippen LogP contribution in [-0.2, 0) is 9.53 Å². The summed E-state index contributed by atoms with van der Waals surface area (Å²) < 4.78 is 35.5. The number of fused-ring (bicyclic) bond motifs is 1.